The van der Waals surface area contributed by atoms with Gasteiger partial charge in [0.25, 0.3) is 0 Å². The zero-order chi connectivity index (χ0) is 24.1. The quantitative estimate of drug-likeness (QED) is 0.201. The van der Waals surface area contributed by atoms with Crippen LogP contribution in [-0.2, 0) is 20.5 Å². The number of hydrogen-bond acceptors (Lipinski definition) is 3. The molecule has 186 valence electrons. The number of carbonyl (C=O) groups is 1. The lowest BCUT2D eigenvalue weighted by atomic mass is 9.93. The van der Waals surface area contributed by atoms with E-state index in [1.165, 1.54) is 25.7 Å². The molecule has 0 spiro atoms. The van der Waals surface area contributed by atoms with Crippen LogP contribution in [0.1, 0.15) is 106 Å². The predicted molar refractivity (Wildman–Crippen MR) is 122 cm³/mol. The Morgan fingerprint density at radius 1 is 0.935 bits per heavy atom. The summed E-state index contributed by atoms with van der Waals surface area (Å²) in [4.78, 5) is 12.6. The maximum Gasteiger partial charge on any atom is 0.405 e. The van der Waals surface area contributed by atoms with E-state index >= 15 is 0 Å². The number of unbranched alkanes of at least 4 members (excludes halogenated alkanes) is 8. The van der Waals surface area contributed by atoms with E-state index in [0.29, 0.717) is 6.42 Å². The molecule has 0 aliphatic carbocycles. The Hall–Kier alpha value is -0.630. The second-order valence-electron chi connectivity index (χ2n) is 9.77. The van der Waals surface area contributed by atoms with Crippen LogP contribution < -0.4 is 4.72 Å². The van der Waals surface area contributed by atoms with Crippen LogP contribution >= 0.6 is 0 Å². The van der Waals surface area contributed by atoms with Crippen molar-refractivity contribution in [2.45, 2.75) is 123 Å². The highest BCUT2D eigenvalue weighted by atomic mass is 32.2. The van der Waals surface area contributed by atoms with Crippen molar-refractivity contribution in [3.63, 3.8) is 0 Å². The Morgan fingerprint density at radius 2 is 1.42 bits per heavy atom. The van der Waals surface area contributed by atoms with Crippen LogP contribution in [0, 0.1) is 11.8 Å². The second kappa shape index (κ2) is 15.3. The molecule has 0 saturated heterocycles. The first kappa shape index (κ1) is 30.4. The van der Waals surface area contributed by atoms with Crippen molar-refractivity contribution in [3.8, 4) is 0 Å². The van der Waals surface area contributed by atoms with Crippen LogP contribution in [-0.4, -0.2) is 33.8 Å². The molecule has 0 bridgehead atoms. The summed E-state index contributed by atoms with van der Waals surface area (Å²) in [6.45, 7) is 10.7. The molecule has 0 unspecified atom stereocenters. The van der Waals surface area contributed by atoms with E-state index in [1.54, 1.807) is 20.8 Å². The molecule has 0 rings (SSSR count). The van der Waals surface area contributed by atoms with E-state index in [1.807, 2.05) is 13.8 Å². The summed E-state index contributed by atoms with van der Waals surface area (Å²) in [6, 6.07) is -2.19. The third-order valence-electron chi connectivity index (χ3n) is 5.03. The summed E-state index contributed by atoms with van der Waals surface area (Å²) < 4.78 is 60.4. The van der Waals surface area contributed by atoms with Gasteiger partial charge in [0, 0.05) is 0 Å². The van der Waals surface area contributed by atoms with Gasteiger partial charge in [0.15, 0.2) is 0 Å². The molecule has 0 aliphatic rings. The van der Waals surface area contributed by atoms with E-state index in [0.717, 1.165) is 25.7 Å². The molecule has 8 heteroatoms. The molecule has 31 heavy (non-hydrogen) atoms. The average Bonchev–Trinajstić information content (AvgIpc) is 2.64. The zero-order valence-corrected chi connectivity index (χ0v) is 21.1. The van der Waals surface area contributed by atoms with Crippen LogP contribution in [0.3, 0.4) is 0 Å². The summed E-state index contributed by atoms with van der Waals surface area (Å²) in [5.74, 6) is -2.25. The Labute approximate surface area is 190 Å². The monoisotopic (exact) mass is 471 g/mol. The van der Waals surface area contributed by atoms with E-state index < -0.39 is 39.8 Å². The fraction of sp³-hybridized carbons (Fsp3) is 0.957. The fourth-order valence-electron chi connectivity index (χ4n) is 3.12. The summed E-state index contributed by atoms with van der Waals surface area (Å²) in [5.41, 5.74) is 0. The van der Waals surface area contributed by atoms with Crippen molar-refractivity contribution in [1.82, 2.24) is 4.72 Å². The molecule has 0 aliphatic heterocycles. The van der Waals surface area contributed by atoms with Gasteiger partial charge in [-0.2, -0.15) is 13.2 Å². The number of hydrogen-bond donors (Lipinski definition) is 1. The molecule has 1 N–H and O–H groups in total. The van der Waals surface area contributed by atoms with Crippen molar-refractivity contribution < 1.29 is 26.9 Å². The molecule has 0 aromatic rings. The first-order chi connectivity index (χ1) is 14.3. The maximum absolute atomic E-state index is 13.9. The number of halogens is 3. The lowest BCUT2D eigenvalue weighted by molar-refractivity contribution is -0.180. The molecule has 3 atom stereocenters. The van der Waals surface area contributed by atoms with Gasteiger partial charge in [-0.3, -0.25) is 4.79 Å². The van der Waals surface area contributed by atoms with Crippen molar-refractivity contribution in [2.24, 2.45) is 11.8 Å². The zero-order valence-electron chi connectivity index (χ0n) is 20.3. The number of esters is 1. The van der Waals surface area contributed by atoms with Gasteiger partial charge in [0.05, 0.1) is 28.3 Å². The van der Waals surface area contributed by atoms with Crippen molar-refractivity contribution in [2.75, 3.05) is 6.61 Å². The summed E-state index contributed by atoms with van der Waals surface area (Å²) in [7, 11) is -1.96. The number of carbonyl (C=O) groups excluding carboxylic acids is 1. The average molecular weight is 472 g/mol. The predicted octanol–water partition coefficient (Wildman–Crippen LogP) is 6.71. The molecule has 0 saturated carbocycles. The van der Waals surface area contributed by atoms with Gasteiger partial charge in [-0.05, 0) is 33.1 Å². The molecular formula is C23H44F3NO3S. The first-order valence-electron chi connectivity index (χ1n) is 11.7. The third-order valence-corrected chi connectivity index (χ3v) is 6.61. The van der Waals surface area contributed by atoms with Crippen molar-refractivity contribution >= 4 is 17.0 Å². The van der Waals surface area contributed by atoms with E-state index in [9.17, 15) is 22.2 Å². The van der Waals surface area contributed by atoms with Gasteiger partial charge in [-0.25, -0.2) is 8.93 Å². The number of rotatable bonds is 16. The SMILES string of the molecule is CCCCCCCCCCC[C@H](C(=O)OCC(C)C)[C@H](N[S@@](=O)C(C)(C)C)C(F)(F)F. The van der Waals surface area contributed by atoms with Crippen LogP contribution in [0.4, 0.5) is 13.2 Å². The minimum absolute atomic E-state index is 0.0262. The van der Waals surface area contributed by atoms with Gasteiger partial charge in [0.1, 0.15) is 6.04 Å². The lowest BCUT2D eigenvalue weighted by Gasteiger charge is -2.31. The highest BCUT2D eigenvalue weighted by Gasteiger charge is 2.49. The topological polar surface area (TPSA) is 55.4 Å². The van der Waals surface area contributed by atoms with E-state index in [2.05, 4.69) is 11.6 Å². The minimum atomic E-state index is -4.71. The molecule has 0 aromatic heterocycles. The smallest absolute Gasteiger partial charge is 0.405 e. The van der Waals surface area contributed by atoms with Crippen LogP contribution in [0.5, 0.6) is 0 Å². The number of alkyl halides is 3. The lowest BCUT2D eigenvalue weighted by Crippen LogP contribution is -2.53. The summed E-state index contributed by atoms with van der Waals surface area (Å²) in [5, 5.41) is 0. The van der Waals surface area contributed by atoms with Crippen molar-refractivity contribution in [3.05, 3.63) is 0 Å². The normalized spacial score (nSPS) is 15.7. The van der Waals surface area contributed by atoms with Gasteiger partial charge < -0.3 is 4.74 Å². The highest BCUT2D eigenvalue weighted by molar-refractivity contribution is 7.84. The Balaban J connectivity index is 5.03. The van der Waals surface area contributed by atoms with Gasteiger partial charge in [-0.15, -0.1) is 0 Å². The standard InChI is InChI=1S/C23H44F3NO3S/c1-7-8-9-10-11-12-13-14-15-16-19(21(28)30-17-18(2)3)20(23(24,25)26)27-31(29)22(4,5)6/h18-20,27H,7-17H2,1-6H3/t19-,20-,31-/m0/s1. The van der Waals surface area contributed by atoms with Gasteiger partial charge in [-0.1, -0.05) is 78.6 Å². The molecule has 4 nitrogen and oxygen atoms in total. The summed E-state index contributed by atoms with van der Waals surface area (Å²) >= 11 is 0. The Morgan fingerprint density at radius 3 is 1.84 bits per heavy atom. The fourth-order valence-corrected chi connectivity index (χ4v) is 4.00. The molecular weight excluding hydrogens is 427 g/mol. The second-order valence-corrected chi connectivity index (χ2v) is 11.8. The molecule has 0 amide bonds. The van der Waals surface area contributed by atoms with Crippen LogP contribution in [0.15, 0.2) is 0 Å². The van der Waals surface area contributed by atoms with E-state index in [-0.39, 0.29) is 18.9 Å². The van der Waals surface area contributed by atoms with Gasteiger partial charge >= 0.3 is 12.1 Å². The first-order valence-corrected chi connectivity index (χ1v) is 12.9. The Kier molecular flexibility index (Phi) is 14.9. The highest BCUT2D eigenvalue weighted by Crippen LogP contribution is 2.31. The molecule has 0 heterocycles. The van der Waals surface area contributed by atoms with Crippen LogP contribution in [0.2, 0.25) is 0 Å². The molecule has 0 radical (unpaired) electrons. The number of nitrogens with one attached hydrogen (secondary N) is 1. The largest absolute Gasteiger partial charge is 0.465 e. The van der Waals surface area contributed by atoms with Crippen molar-refractivity contribution in [1.29, 1.82) is 0 Å². The van der Waals surface area contributed by atoms with E-state index in [4.69, 9.17) is 4.74 Å². The minimum Gasteiger partial charge on any atom is -0.465 e. The number of ether oxygens (including phenoxy) is 1. The Bertz CT molecular complexity index is 519. The molecule has 0 fully saturated rings. The molecule has 0 aromatic carbocycles. The third kappa shape index (κ3) is 14.2. The maximum atomic E-state index is 13.9. The summed E-state index contributed by atoms with van der Waals surface area (Å²) in [6.07, 6.45) is 4.62. The van der Waals surface area contributed by atoms with Gasteiger partial charge in [0.2, 0.25) is 0 Å². The van der Waals surface area contributed by atoms with Crippen LogP contribution in [0.25, 0.3) is 0 Å².